The van der Waals surface area contributed by atoms with E-state index >= 15 is 0 Å². The summed E-state index contributed by atoms with van der Waals surface area (Å²) in [6.07, 6.45) is 2.41. The second-order valence-electron chi connectivity index (χ2n) is 4.33. The summed E-state index contributed by atoms with van der Waals surface area (Å²) in [5, 5.41) is 3.53. The number of nitrogens with one attached hydrogen (secondary N) is 1. The first-order valence-corrected chi connectivity index (χ1v) is 7.62. The van der Waals surface area contributed by atoms with Crippen molar-refractivity contribution < 1.29 is 0 Å². The maximum atomic E-state index is 3.53. The maximum Gasteiger partial charge on any atom is 0.0300 e. The number of hydrogen-bond donors (Lipinski definition) is 1. The lowest BCUT2D eigenvalue weighted by Crippen LogP contribution is -2.32. The molecule has 1 aromatic heterocycles. The van der Waals surface area contributed by atoms with Gasteiger partial charge in [-0.2, -0.15) is 0 Å². The normalized spacial score (nSPS) is 11.3. The minimum Gasteiger partial charge on any atom is -0.311 e. The van der Waals surface area contributed by atoms with Gasteiger partial charge in [-0.3, -0.25) is 0 Å². The van der Waals surface area contributed by atoms with Crippen molar-refractivity contribution in [3.8, 4) is 0 Å². The van der Waals surface area contributed by atoms with E-state index in [4.69, 9.17) is 0 Å². The van der Waals surface area contributed by atoms with Crippen LogP contribution in [0.4, 0.5) is 0 Å². The van der Waals surface area contributed by atoms with E-state index in [-0.39, 0.29) is 0 Å². The van der Waals surface area contributed by atoms with Crippen LogP contribution >= 0.6 is 11.3 Å². The van der Waals surface area contributed by atoms with Gasteiger partial charge in [0.1, 0.15) is 0 Å². The summed E-state index contributed by atoms with van der Waals surface area (Å²) in [6, 6.07) is 4.50. The Labute approximate surface area is 110 Å². The first kappa shape index (κ1) is 14.7. The lowest BCUT2D eigenvalue weighted by atomic mass is 10.3. The molecule has 0 saturated carbocycles. The van der Waals surface area contributed by atoms with Gasteiger partial charge >= 0.3 is 0 Å². The van der Waals surface area contributed by atoms with Gasteiger partial charge in [0.2, 0.25) is 0 Å². The molecule has 0 aliphatic heterocycles. The molecule has 1 aromatic rings. The molecule has 1 rings (SSSR count). The minimum absolute atomic E-state index is 1.02. The van der Waals surface area contributed by atoms with Gasteiger partial charge in [0.15, 0.2) is 0 Å². The number of aryl methyl sites for hydroxylation is 1. The van der Waals surface area contributed by atoms with Crippen molar-refractivity contribution >= 4 is 11.3 Å². The summed E-state index contributed by atoms with van der Waals surface area (Å²) in [5.74, 6) is 0. The number of thiophene rings is 1. The lowest BCUT2D eigenvalue weighted by Gasteiger charge is -2.19. The van der Waals surface area contributed by atoms with Crippen LogP contribution in [0.1, 0.15) is 36.9 Å². The predicted octanol–water partition coefficient (Wildman–Crippen LogP) is 3.13. The van der Waals surface area contributed by atoms with E-state index in [1.807, 2.05) is 11.3 Å². The Bertz CT molecular complexity index is 296. The van der Waals surface area contributed by atoms with Crippen molar-refractivity contribution in [1.82, 2.24) is 10.2 Å². The molecule has 0 aliphatic rings. The molecule has 0 bridgehead atoms. The van der Waals surface area contributed by atoms with Crippen molar-refractivity contribution in [2.45, 2.75) is 40.2 Å². The molecule has 3 heteroatoms. The first-order chi connectivity index (χ1) is 8.30. The number of rotatable bonds is 9. The zero-order valence-electron chi connectivity index (χ0n) is 11.5. The fourth-order valence-corrected chi connectivity index (χ4v) is 2.83. The Morgan fingerprint density at radius 2 is 1.88 bits per heavy atom. The zero-order chi connectivity index (χ0) is 12.5. The number of hydrogen-bond acceptors (Lipinski definition) is 3. The minimum atomic E-state index is 1.02. The molecule has 1 N–H and O–H groups in total. The van der Waals surface area contributed by atoms with Crippen LogP contribution in [0.15, 0.2) is 12.1 Å². The van der Waals surface area contributed by atoms with Crippen LogP contribution in [0.5, 0.6) is 0 Å². The molecule has 98 valence electrons. The maximum absolute atomic E-state index is 3.53. The van der Waals surface area contributed by atoms with E-state index in [0.717, 1.165) is 32.6 Å². The third-order valence-corrected chi connectivity index (χ3v) is 4.19. The first-order valence-electron chi connectivity index (χ1n) is 6.80. The van der Waals surface area contributed by atoms with Crippen LogP contribution in [-0.2, 0) is 13.0 Å². The average Bonchev–Trinajstić information content (AvgIpc) is 2.81. The standard InChI is InChI=1S/C14H26N2S/c1-4-10-16(6-3)11-9-15-12-14-8-7-13(5-2)17-14/h7-8,15H,4-6,9-12H2,1-3H3. The van der Waals surface area contributed by atoms with E-state index in [1.54, 1.807) is 0 Å². The summed E-state index contributed by atoms with van der Waals surface area (Å²) in [7, 11) is 0. The van der Waals surface area contributed by atoms with E-state index in [0.29, 0.717) is 0 Å². The molecule has 17 heavy (non-hydrogen) atoms. The molecule has 0 fully saturated rings. The van der Waals surface area contributed by atoms with Crippen molar-refractivity contribution in [3.05, 3.63) is 21.9 Å². The molecule has 0 aromatic carbocycles. The van der Waals surface area contributed by atoms with Crippen LogP contribution in [0, 0.1) is 0 Å². The third kappa shape index (κ3) is 5.66. The van der Waals surface area contributed by atoms with Crippen LogP contribution in [0.3, 0.4) is 0 Å². The summed E-state index contributed by atoms with van der Waals surface area (Å²) in [6.45, 7) is 12.4. The summed E-state index contributed by atoms with van der Waals surface area (Å²) in [5.41, 5.74) is 0. The third-order valence-electron chi connectivity index (χ3n) is 2.96. The van der Waals surface area contributed by atoms with E-state index in [1.165, 1.54) is 22.7 Å². The Balaban J connectivity index is 2.14. The largest absolute Gasteiger partial charge is 0.311 e. The highest BCUT2D eigenvalue weighted by molar-refractivity contribution is 7.11. The van der Waals surface area contributed by atoms with E-state index < -0.39 is 0 Å². The lowest BCUT2D eigenvalue weighted by molar-refractivity contribution is 0.287. The monoisotopic (exact) mass is 254 g/mol. The molecule has 0 saturated heterocycles. The molecule has 2 nitrogen and oxygen atoms in total. The molecule has 0 unspecified atom stereocenters. The fraction of sp³-hybridized carbons (Fsp3) is 0.714. The van der Waals surface area contributed by atoms with Crippen LogP contribution in [0.2, 0.25) is 0 Å². The highest BCUT2D eigenvalue weighted by Crippen LogP contribution is 2.16. The van der Waals surface area contributed by atoms with Gasteiger partial charge in [-0.15, -0.1) is 11.3 Å². The van der Waals surface area contributed by atoms with Gasteiger partial charge < -0.3 is 10.2 Å². The van der Waals surface area contributed by atoms with Crippen molar-refractivity contribution in [1.29, 1.82) is 0 Å². The molecular formula is C14H26N2S. The molecule has 0 radical (unpaired) electrons. The number of nitrogens with zero attached hydrogens (tertiary/aromatic N) is 1. The molecular weight excluding hydrogens is 228 g/mol. The van der Waals surface area contributed by atoms with E-state index in [9.17, 15) is 0 Å². The van der Waals surface area contributed by atoms with Crippen LogP contribution in [0.25, 0.3) is 0 Å². The Morgan fingerprint density at radius 3 is 2.47 bits per heavy atom. The van der Waals surface area contributed by atoms with Gasteiger partial charge in [-0.25, -0.2) is 0 Å². The topological polar surface area (TPSA) is 15.3 Å². The average molecular weight is 254 g/mol. The van der Waals surface area contributed by atoms with E-state index in [2.05, 4.69) is 43.1 Å². The smallest absolute Gasteiger partial charge is 0.0300 e. The van der Waals surface area contributed by atoms with Crippen molar-refractivity contribution in [2.75, 3.05) is 26.2 Å². The summed E-state index contributed by atoms with van der Waals surface area (Å²) < 4.78 is 0. The van der Waals surface area contributed by atoms with Gasteiger partial charge in [-0.1, -0.05) is 20.8 Å². The highest BCUT2D eigenvalue weighted by atomic mass is 32.1. The van der Waals surface area contributed by atoms with Gasteiger partial charge in [0.25, 0.3) is 0 Å². The van der Waals surface area contributed by atoms with Crippen LogP contribution in [-0.4, -0.2) is 31.1 Å². The van der Waals surface area contributed by atoms with Gasteiger partial charge in [0, 0.05) is 29.4 Å². The summed E-state index contributed by atoms with van der Waals surface area (Å²) >= 11 is 1.93. The molecule has 0 atom stereocenters. The Kier molecular flexibility index (Phi) is 7.49. The predicted molar refractivity (Wildman–Crippen MR) is 77.8 cm³/mol. The molecule has 1 heterocycles. The SMILES string of the molecule is CCCN(CC)CCNCc1ccc(CC)s1. The second kappa shape index (κ2) is 8.67. The Hall–Kier alpha value is -0.380. The highest BCUT2D eigenvalue weighted by Gasteiger charge is 2.01. The molecule has 0 aliphatic carbocycles. The second-order valence-corrected chi connectivity index (χ2v) is 5.59. The van der Waals surface area contributed by atoms with Gasteiger partial charge in [-0.05, 0) is 38.1 Å². The quantitative estimate of drug-likeness (QED) is 0.681. The number of likely N-dealkylation sites (N-methyl/N-ethyl adjacent to an activating group) is 1. The zero-order valence-corrected chi connectivity index (χ0v) is 12.3. The molecule has 0 spiro atoms. The van der Waals surface area contributed by atoms with Crippen molar-refractivity contribution in [2.24, 2.45) is 0 Å². The van der Waals surface area contributed by atoms with Crippen LogP contribution < -0.4 is 5.32 Å². The van der Waals surface area contributed by atoms with Gasteiger partial charge in [0.05, 0.1) is 0 Å². The molecule has 0 amide bonds. The Morgan fingerprint density at radius 1 is 1.12 bits per heavy atom. The van der Waals surface area contributed by atoms with Crippen molar-refractivity contribution in [3.63, 3.8) is 0 Å². The summed E-state index contributed by atoms with van der Waals surface area (Å²) in [4.78, 5) is 5.45. The fourth-order valence-electron chi connectivity index (χ4n) is 1.90.